The van der Waals surface area contributed by atoms with Crippen LogP contribution in [0.5, 0.6) is 5.75 Å². The Morgan fingerprint density at radius 2 is 1.94 bits per heavy atom. The van der Waals surface area contributed by atoms with Gasteiger partial charge < -0.3 is 4.74 Å². The summed E-state index contributed by atoms with van der Waals surface area (Å²) < 4.78 is 5.43. The molecule has 1 aromatic heterocycles. The highest BCUT2D eigenvalue weighted by Crippen LogP contribution is 2.31. The number of hydrogen-bond acceptors (Lipinski definition) is 4. The second-order valence-corrected chi connectivity index (χ2v) is 4.47. The van der Waals surface area contributed by atoms with Crippen LogP contribution in [0.3, 0.4) is 0 Å². The van der Waals surface area contributed by atoms with Crippen LogP contribution in [0.15, 0.2) is 24.4 Å². The van der Waals surface area contributed by atoms with Gasteiger partial charge in [0.2, 0.25) is 0 Å². The molecule has 0 amide bonds. The molecule has 0 unspecified atom stereocenters. The molecule has 0 aliphatic carbocycles. The van der Waals surface area contributed by atoms with Gasteiger partial charge in [-0.15, -0.1) is 0 Å². The SMILES string of the molecule is COc1cc(C)c(C)cc1-c1ccnc(CS)n1. The minimum Gasteiger partial charge on any atom is -0.496 e. The van der Waals surface area contributed by atoms with Crippen LogP contribution in [-0.2, 0) is 5.75 Å². The lowest BCUT2D eigenvalue weighted by atomic mass is 10.0. The summed E-state index contributed by atoms with van der Waals surface area (Å²) in [5.41, 5.74) is 4.29. The third kappa shape index (κ3) is 2.48. The van der Waals surface area contributed by atoms with E-state index in [9.17, 15) is 0 Å². The number of nitrogens with zero attached hydrogens (tertiary/aromatic N) is 2. The van der Waals surface area contributed by atoms with Crippen LogP contribution < -0.4 is 4.74 Å². The summed E-state index contributed by atoms with van der Waals surface area (Å²) in [4.78, 5) is 8.62. The third-order valence-electron chi connectivity index (χ3n) is 2.94. The number of methoxy groups -OCH3 is 1. The van der Waals surface area contributed by atoms with Gasteiger partial charge in [-0.1, -0.05) is 0 Å². The fourth-order valence-electron chi connectivity index (χ4n) is 1.78. The first-order chi connectivity index (χ1) is 8.65. The van der Waals surface area contributed by atoms with Crippen molar-refractivity contribution in [2.45, 2.75) is 19.6 Å². The Balaban J connectivity index is 2.58. The van der Waals surface area contributed by atoms with E-state index in [2.05, 4.69) is 42.5 Å². The summed E-state index contributed by atoms with van der Waals surface area (Å²) in [5.74, 6) is 2.08. The van der Waals surface area contributed by atoms with Crippen molar-refractivity contribution in [1.82, 2.24) is 9.97 Å². The van der Waals surface area contributed by atoms with Gasteiger partial charge in [-0.05, 0) is 43.2 Å². The maximum absolute atomic E-state index is 5.43. The molecule has 0 aliphatic heterocycles. The van der Waals surface area contributed by atoms with Crippen molar-refractivity contribution in [3.63, 3.8) is 0 Å². The summed E-state index contributed by atoms with van der Waals surface area (Å²) in [6.07, 6.45) is 1.75. The summed E-state index contributed by atoms with van der Waals surface area (Å²) in [6, 6.07) is 6.02. The first-order valence-electron chi connectivity index (χ1n) is 5.74. The van der Waals surface area contributed by atoms with Crippen LogP contribution in [0.25, 0.3) is 11.3 Å². The first-order valence-corrected chi connectivity index (χ1v) is 6.37. The molecule has 2 rings (SSSR count). The molecule has 0 spiro atoms. The second kappa shape index (κ2) is 5.40. The average molecular weight is 260 g/mol. The van der Waals surface area contributed by atoms with Crippen molar-refractivity contribution in [3.05, 3.63) is 41.3 Å². The molecule has 0 saturated carbocycles. The number of rotatable bonds is 3. The molecule has 0 atom stereocenters. The predicted molar refractivity (Wildman–Crippen MR) is 76.2 cm³/mol. The van der Waals surface area contributed by atoms with Crippen LogP contribution in [0.2, 0.25) is 0 Å². The second-order valence-electron chi connectivity index (χ2n) is 4.15. The summed E-state index contributed by atoms with van der Waals surface area (Å²) in [7, 11) is 1.67. The van der Waals surface area contributed by atoms with E-state index in [-0.39, 0.29) is 0 Å². The van der Waals surface area contributed by atoms with Gasteiger partial charge in [0.25, 0.3) is 0 Å². The van der Waals surface area contributed by atoms with E-state index < -0.39 is 0 Å². The van der Waals surface area contributed by atoms with Crippen LogP contribution >= 0.6 is 12.6 Å². The Labute approximate surface area is 113 Å². The zero-order chi connectivity index (χ0) is 13.1. The van der Waals surface area contributed by atoms with Crippen LogP contribution in [0, 0.1) is 13.8 Å². The van der Waals surface area contributed by atoms with Crippen molar-refractivity contribution in [1.29, 1.82) is 0 Å². The molecule has 0 fully saturated rings. The van der Waals surface area contributed by atoms with Gasteiger partial charge in [-0.25, -0.2) is 9.97 Å². The first kappa shape index (κ1) is 12.9. The molecule has 0 bridgehead atoms. The number of thiol groups is 1. The quantitative estimate of drug-likeness (QED) is 0.861. The number of aromatic nitrogens is 2. The van der Waals surface area contributed by atoms with Crippen molar-refractivity contribution in [2.75, 3.05) is 7.11 Å². The van der Waals surface area contributed by atoms with E-state index in [1.165, 1.54) is 11.1 Å². The minimum atomic E-state index is 0.529. The van der Waals surface area contributed by atoms with Crippen molar-refractivity contribution in [2.24, 2.45) is 0 Å². The Bertz CT molecular complexity index is 570. The lowest BCUT2D eigenvalue weighted by Crippen LogP contribution is -1.96. The smallest absolute Gasteiger partial charge is 0.138 e. The van der Waals surface area contributed by atoms with E-state index in [0.29, 0.717) is 5.75 Å². The fourth-order valence-corrected chi connectivity index (χ4v) is 1.94. The normalized spacial score (nSPS) is 10.4. The zero-order valence-corrected chi connectivity index (χ0v) is 11.7. The molecular formula is C14H16N2OS. The molecule has 18 heavy (non-hydrogen) atoms. The van der Waals surface area contributed by atoms with E-state index >= 15 is 0 Å². The largest absolute Gasteiger partial charge is 0.496 e. The highest BCUT2D eigenvalue weighted by molar-refractivity contribution is 7.79. The predicted octanol–water partition coefficient (Wildman–Crippen LogP) is 3.20. The maximum atomic E-state index is 5.43. The van der Waals surface area contributed by atoms with Crippen molar-refractivity contribution in [3.8, 4) is 17.0 Å². The number of aryl methyl sites for hydroxylation is 2. The highest BCUT2D eigenvalue weighted by Gasteiger charge is 2.10. The standard InChI is InChI=1S/C14H16N2OS/c1-9-6-11(13(17-3)7-10(9)2)12-4-5-15-14(8-18)16-12/h4-7,18H,8H2,1-3H3. The van der Waals surface area contributed by atoms with Gasteiger partial charge >= 0.3 is 0 Å². The lowest BCUT2D eigenvalue weighted by molar-refractivity contribution is 0.416. The summed E-state index contributed by atoms with van der Waals surface area (Å²) in [6.45, 7) is 4.15. The molecule has 1 aromatic carbocycles. The monoisotopic (exact) mass is 260 g/mol. The Morgan fingerprint density at radius 1 is 1.22 bits per heavy atom. The average Bonchev–Trinajstić information content (AvgIpc) is 2.41. The third-order valence-corrected chi connectivity index (χ3v) is 3.22. The maximum Gasteiger partial charge on any atom is 0.138 e. The van der Waals surface area contributed by atoms with E-state index in [4.69, 9.17) is 4.74 Å². The summed E-state index contributed by atoms with van der Waals surface area (Å²) in [5, 5.41) is 0. The number of hydrogen-bond donors (Lipinski definition) is 1. The van der Waals surface area contributed by atoms with Crippen molar-refractivity contribution < 1.29 is 4.74 Å². The molecule has 1 heterocycles. The van der Waals surface area contributed by atoms with Gasteiger partial charge in [0.1, 0.15) is 11.6 Å². The van der Waals surface area contributed by atoms with Gasteiger partial charge in [-0.3, -0.25) is 0 Å². The molecule has 94 valence electrons. The van der Waals surface area contributed by atoms with Gasteiger partial charge in [0.05, 0.1) is 18.6 Å². The van der Waals surface area contributed by atoms with Gasteiger partial charge in [0.15, 0.2) is 0 Å². The molecular weight excluding hydrogens is 244 g/mol. The molecule has 3 nitrogen and oxygen atoms in total. The Morgan fingerprint density at radius 3 is 2.61 bits per heavy atom. The Hall–Kier alpha value is -1.55. The molecule has 0 aliphatic rings. The zero-order valence-electron chi connectivity index (χ0n) is 10.8. The van der Waals surface area contributed by atoms with Gasteiger partial charge in [0, 0.05) is 11.8 Å². The van der Waals surface area contributed by atoms with Crippen LogP contribution in [0.4, 0.5) is 0 Å². The lowest BCUT2D eigenvalue weighted by Gasteiger charge is -2.11. The fraction of sp³-hybridized carbons (Fsp3) is 0.286. The van der Waals surface area contributed by atoms with Crippen molar-refractivity contribution >= 4 is 12.6 Å². The van der Waals surface area contributed by atoms with E-state index in [1.54, 1.807) is 13.3 Å². The minimum absolute atomic E-state index is 0.529. The topological polar surface area (TPSA) is 35.0 Å². The molecule has 0 N–H and O–H groups in total. The molecule has 2 aromatic rings. The van der Waals surface area contributed by atoms with E-state index in [1.807, 2.05) is 12.1 Å². The van der Waals surface area contributed by atoms with E-state index in [0.717, 1.165) is 22.8 Å². The molecule has 0 radical (unpaired) electrons. The Kier molecular flexibility index (Phi) is 3.87. The number of benzene rings is 1. The highest BCUT2D eigenvalue weighted by atomic mass is 32.1. The molecule has 4 heteroatoms. The van der Waals surface area contributed by atoms with Crippen LogP contribution in [0.1, 0.15) is 17.0 Å². The number of ether oxygens (including phenoxy) is 1. The van der Waals surface area contributed by atoms with Crippen LogP contribution in [-0.4, -0.2) is 17.1 Å². The summed E-state index contributed by atoms with van der Waals surface area (Å²) >= 11 is 4.20. The van der Waals surface area contributed by atoms with Gasteiger partial charge in [-0.2, -0.15) is 12.6 Å². The molecule has 0 saturated heterocycles.